The van der Waals surface area contributed by atoms with E-state index in [1.807, 2.05) is 13.8 Å². The Labute approximate surface area is 202 Å². The molecule has 1 aliphatic carbocycles. The molecular weight excluding hydrogens is 376 g/mol. The van der Waals surface area contributed by atoms with Crippen LogP contribution in [0.25, 0.3) is 0 Å². The second-order valence-electron chi connectivity index (χ2n) is 5.17. The topological polar surface area (TPSA) is 128 Å². The maximum Gasteiger partial charge on any atom is 1.00 e. The first-order valence-electron chi connectivity index (χ1n) is 7.90. The number of aliphatic carboxylic acids is 2. The van der Waals surface area contributed by atoms with Crippen LogP contribution >= 0.6 is 0 Å². The van der Waals surface area contributed by atoms with Gasteiger partial charge in [-0.1, -0.05) is 13.8 Å². The van der Waals surface area contributed by atoms with Gasteiger partial charge in [-0.05, 0) is 26.3 Å². The molecule has 0 saturated heterocycles. The molecule has 1 N–H and O–H groups in total. The third kappa shape index (κ3) is 7.63. The van der Waals surface area contributed by atoms with Crippen molar-refractivity contribution in [2.75, 3.05) is 13.2 Å². The van der Waals surface area contributed by atoms with E-state index in [9.17, 15) is 24.6 Å². The molecule has 1 unspecified atom stereocenters. The largest absolute Gasteiger partial charge is 1.00 e. The zero-order valence-electron chi connectivity index (χ0n) is 16.6. The van der Waals surface area contributed by atoms with Crippen LogP contribution in [0.5, 0.6) is 0 Å². The molecule has 1 aliphatic heterocycles. The summed E-state index contributed by atoms with van der Waals surface area (Å²) in [6.07, 6.45) is 2.10. The molecule has 27 heavy (non-hydrogen) atoms. The van der Waals surface area contributed by atoms with Crippen LogP contribution in [-0.4, -0.2) is 31.1 Å². The SMILES string of the molecule is CC.CC1=C(C(=O)OCC(=O)[O-])C2CC=C(OCC(=O)[O-])C2=C(C)N1.[Na+].[Na+]. The first kappa shape index (κ1) is 28.4. The number of carboxylic acids is 2. The first-order valence-corrected chi connectivity index (χ1v) is 7.90. The van der Waals surface area contributed by atoms with Crippen molar-refractivity contribution < 1.29 is 93.2 Å². The quantitative estimate of drug-likeness (QED) is 0.346. The molecule has 0 fully saturated rings. The van der Waals surface area contributed by atoms with Crippen molar-refractivity contribution in [3.63, 3.8) is 0 Å². The van der Waals surface area contributed by atoms with Crippen molar-refractivity contribution >= 4 is 17.9 Å². The van der Waals surface area contributed by atoms with E-state index in [0.29, 0.717) is 23.5 Å². The van der Waals surface area contributed by atoms with Crippen LogP contribution in [0.2, 0.25) is 0 Å². The van der Waals surface area contributed by atoms with Gasteiger partial charge in [0, 0.05) is 22.9 Å². The molecule has 2 rings (SSSR count). The van der Waals surface area contributed by atoms with Crippen LogP contribution in [0.15, 0.2) is 34.4 Å². The third-order valence-corrected chi connectivity index (χ3v) is 3.57. The zero-order valence-corrected chi connectivity index (χ0v) is 20.6. The molecule has 0 aromatic rings. The molecule has 10 heteroatoms. The minimum Gasteiger partial charge on any atom is -0.546 e. The Morgan fingerprint density at radius 1 is 1.07 bits per heavy atom. The van der Waals surface area contributed by atoms with Crippen molar-refractivity contribution in [1.29, 1.82) is 0 Å². The van der Waals surface area contributed by atoms with Crippen LogP contribution in [0.4, 0.5) is 0 Å². The maximum absolute atomic E-state index is 12.1. The molecule has 0 radical (unpaired) electrons. The average Bonchev–Trinajstić information content (AvgIpc) is 2.97. The summed E-state index contributed by atoms with van der Waals surface area (Å²) in [6, 6.07) is 0. The second-order valence-corrected chi connectivity index (χ2v) is 5.17. The molecule has 0 amide bonds. The van der Waals surface area contributed by atoms with Gasteiger partial charge >= 0.3 is 65.1 Å². The second kappa shape index (κ2) is 13.4. The predicted octanol–water partition coefficient (Wildman–Crippen LogP) is -6.86. The molecule has 138 valence electrons. The van der Waals surface area contributed by atoms with E-state index in [4.69, 9.17) is 9.47 Å². The van der Waals surface area contributed by atoms with Crippen LogP contribution in [0.3, 0.4) is 0 Å². The number of carbonyl (C=O) groups is 3. The van der Waals surface area contributed by atoms with Gasteiger partial charge in [-0.15, -0.1) is 0 Å². The van der Waals surface area contributed by atoms with Crippen LogP contribution in [0, 0.1) is 5.92 Å². The van der Waals surface area contributed by atoms with Crippen molar-refractivity contribution in [1.82, 2.24) is 5.32 Å². The van der Waals surface area contributed by atoms with Gasteiger partial charge in [-0.2, -0.15) is 0 Å². The van der Waals surface area contributed by atoms with Crippen LogP contribution < -0.4 is 74.6 Å². The molecule has 0 bridgehead atoms. The van der Waals surface area contributed by atoms with E-state index >= 15 is 0 Å². The molecule has 0 aromatic carbocycles. The fourth-order valence-corrected chi connectivity index (χ4v) is 2.78. The van der Waals surface area contributed by atoms with Gasteiger partial charge in [0.15, 0.2) is 0 Å². The van der Waals surface area contributed by atoms with E-state index in [1.54, 1.807) is 19.9 Å². The van der Waals surface area contributed by atoms with Crippen molar-refractivity contribution in [2.45, 2.75) is 34.1 Å². The number of rotatable bonds is 6. The monoisotopic (exact) mass is 397 g/mol. The Morgan fingerprint density at radius 2 is 1.63 bits per heavy atom. The summed E-state index contributed by atoms with van der Waals surface area (Å²) in [5.41, 5.74) is 2.22. The number of fused-ring (bicyclic) bond motifs is 1. The molecule has 0 aromatic heterocycles. The van der Waals surface area contributed by atoms with Crippen molar-refractivity contribution in [2.24, 2.45) is 5.92 Å². The Morgan fingerprint density at radius 3 is 2.15 bits per heavy atom. The van der Waals surface area contributed by atoms with E-state index < -0.39 is 31.1 Å². The summed E-state index contributed by atoms with van der Waals surface area (Å²) < 4.78 is 9.89. The van der Waals surface area contributed by atoms with Gasteiger partial charge < -0.3 is 34.6 Å². The van der Waals surface area contributed by atoms with Crippen LogP contribution in [-0.2, 0) is 23.9 Å². The molecule has 0 spiro atoms. The van der Waals surface area contributed by atoms with Gasteiger partial charge in [0.05, 0.1) is 17.5 Å². The summed E-state index contributed by atoms with van der Waals surface area (Å²) >= 11 is 0. The summed E-state index contributed by atoms with van der Waals surface area (Å²) in [7, 11) is 0. The molecule has 2 aliphatic rings. The number of carboxylic acid groups (broad SMARTS) is 2. The van der Waals surface area contributed by atoms with Crippen LogP contribution in [0.1, 0.15) is 34.1 Å². The van der Waals surface area contributed by atoms with E-state index in [-0.39, 0.29) is 70.6 Å². The Hall–Kier alpha value is -0.770. The normalized spacial score (nSPS) is 17.0. The first-order chi connectivity index (χ1) is 11.8. The number of ether oxygens (including phenoxy) is 2. The number of hydrogen-bond acceptors (Lipinski definition) is 8. The van der Waals surface area contributed by atoms with Gasteiger partial charge in [0.2, 0.25) is 0 Å². The molecular formula is C17H21NNa2O7. The Bertz CT molecular complexity index is 668. The standard InChI is InChI=1S/C15H17NO7.C2H6.2Na/c1-7-13-9(3-4-10(13)22-5-11(17)18)14(8(2)16-7)15(21)23-6-12(19)20;1-2;;/h4,9,16H,3,5-6H2,1-2H3,(H,17,18)(H,19,20);1-2H3;;/q;;2*+1/p-2. The van der Waals surface area contributed by atoms with Gasteiger partial charge in [-0.3, -0.25) is 0 Å². The zero-order chi connectivity index (χ0) is 19.1. The number of carbonyl (C=O) groups excluding carboxylic acids is 3. The number of esters is 1. The maximum atomic E-state index is 12.1. The van der Waals surface area contributed by atoms with Gasteiger partial charge in [0.25, 0.3) is 0 Å². The van der Waals surface area contributed by atoms with E-state index in [0.717, 1.165) is 5.70 Å². The van der Waals surface area contributed by atoms with Gasteiger partial charge in [0.1, 0.15) is 19.0 Å². The minimum absolute atomic E-state index is 0. The summed E-state index contributed by atoms with van der Waals surface area (Å²) in [4.78, 5) is 33.1. The summed E-state index contributed by atoms with van der Waals surface area (Å²) in [5.74, 6) is -3.61. The fourth-order valence-electron chi connectivity index (χ4n) is 2.78. The molecule has 8 nitrogen and oxygen atoms in total. The minimum atomic E-state index is -1.49. The molecule has 1 atom stereocenters. The average molecular weight is 397 g/mol. The number of nitrogens with one attached hydrogen (secondary N) is 1. The van der Waals surface area contributed by atoms with E-state index in [1.165, 1.54) is 0 Å². The van der Waals surface area contributed by atoms with Gasteiger partial charge in [-0.25, -0.2) is 4.79 Å². The molecule has 0 saturated carbocycles. The number of dihydropyridines is 1. The van der Waals surface area contributed by atoms with E-state index in [2.05, 4.69) is 5.32 Å². The summed E-state index contributed by atoms with van der Waals surface area (Å²) in [5, 5.41) is 24.0. The molecule has 1 heterocycles. The van der Waals surface area contributed by atoms with Crippen molar-refractivity contribution in [3.8, 4) is 0 Å². The van der Waals surface area contributed by atoms with Crippen molar-refractivity contribution in [3.05, 3.63) is 34.4 Å². The Kier molecular flexibility index (Phi) is 14.1. The number of hydrogen-bond donors (Lipinski definition) is 1. The Balaban J connectivity index is 0. The predicted molar refractivity (Wildman–Crippen MR) is 83.0 cm³/mol. The third-order valence-electron chi connectivity index (χ3n) is 3.57. The summed E-state index contributed by atoms with van der Waals surface area (Å²) in [6.45, 7) is 6.02. The smallest absolute Gasteiger partial charge is 0.546 e. The fraction of sp³-hybridized carbons (Fsp3) is 0.471. The number of allylic oxidation sites excluding steroid dienone is 4.